The Morgan fingerprint density at radius 3 is 2.04 bits per heavy atom. The minimum atomic E-state index is -0.0686. The van der Waals surface area contributed by atoms with Crippen LogP contribution in [-0.4, -0.2) is 18.2 Å². The van der Waals surface area contributed by atoms with Gasteiger partial charge in [0.2, 0.25) is 0 Å². The van der Waals surface area contributed by atoms with Crippen molar-refractivity contribution in [3.63, 3.8) is 0 Å². The van der Waals surface area contributed by atoms with Crippen LogP contribution in [0.4, 0.5) is 0 Å². The highest BCUT2D eigenvalue weighted by atomic mass is 16.3. The topological polar surface area (TPSA) is 24.7 Å². The van der Waals surface area contributed by atoms with E-state index >= 15 is 0 Å². The maximum absolute atomic E-state index is 10.9. The minimum absolute atomic E-state index is 0.0686. The Labute approximate surface area is 143 Å². The molecule has 0 aromatic heterocycles. The van der Waals surface area contributed by atoms with Gasteiger partial charge in [-0.1, -0.05) is 54.2 Å². The number of quaternary nitrogens is 1. The highest BCUT2D eigenvalue weighted by Crippen LogP contribution is 2.37. The van der Waals surface area contributed by atoms with Crippen LogP contribution >= 0.6 is 0 Å². The van der Waals surface area contributed by atoms with Gasteiger partial charge in [0.25, 0.3) is 0 Å². The van der Waals surface area contributed by atoms with Crippen LogP contribution in [-0.2, 0) is 17.4 Å². The summed E-state index contributed by atoms with van der Waals surface area (Å²) in [4.78, 5) is 1.43. The van der Waals surface area contributed by atoms with Gasteiger partial charge in [-0.3, -0.25) is 0 Å². The van der Waals surface area contributed by atoms with Gasteiger partial charge < -0.3 is 10.0 Å². The molecule has 1 unspecified atom stereocenters. The van der Waals surface area contributed by atoms with Gasteiger partial charge in [-0.25, -0.2) is 0 Å². The Kier molecular flexibility index (Phi) is 6.09. The van der Waals surface area contributed by atoms with E-state index in [0.29, 0.717) is 5.75 Å². The maximum atomic E-state index is 10.9. The van der Waals surface area contributed by atoms with Gasteiger partial charge in [-0.05, 0) is 41.9 Å². The van der Waals surface area contributed by atoms with Crippen LogP contribution < -0.4 is 4.90 Å². The smallest absolute Gasteiger partial charge is 0.128 e. The van der Waals surface area contributed by atoms with Gasteiger partial charge in [0.05, 0.1) is 13.1 Å². The third kappa shape index (κ3) is 5.39. The summed E-state index contributed by atoms with van der Waals surface area (Å²) in [5, 5.41) is 10.9. The Morgan fingerprint density at radius 2 is 1.65 bits per heavy atom. The molecule has 0 saturated heterocycles. The molecular weight excluding hydrogens is 282 g/mol. The highest BCUT2D eigenvalue weighted by Gasteiger charge is 2.26. The molecule has 23 heavy (non-hydrogen) atoms. The Morgan fingerprint density at radius 1 is 1.09 bits per heavy atom. The Bertz CT molecular complexity index is 558. The van der Waals surface area contributed by atoms with Crippen molar-refractivity contribution in [1.82, 2.24) is 0 Å². The maximum Gasteiger partial charge on any atom is 0.128 e. The number of benzene rings is 1. The molecule has 2 N–H and O–H groups in total. The third-order valence-electron chi connectivity index (χ3n) is 4.36. The fourth-order valence-corrected chi connectivity index (χ4v) is 2.84. The Balaban J connectivity index is 3.37. The van der Waals surface area contributed by atoms with E-state index in [-0.39, 0.29) is 10.8 Å². The van der Waals surface area contributed by atoms with Gasteiger partial charge in [0.1, 0.15) is 12.3 Å². The molecule has 1 aromatic rings. The zero-order valence-corrected chi connectivity index (χ0v) is 16.4. The van der Waals surface area contributed by atoms with Crippen LogP contribution in [0, 0.1) is 0 Å². The quantitative estimate of drug-likeness (QED) is 0.789. The van der Waals surface area contributed by atoms with Crippen molar-refractivity contribution in [3.8, 4) is 5.75 Å². The van der Waals surface area contributed by atoms with E-state index < -0.39 is 0 Å². The van der Waals surface area contributed by atoms with Crippen molar-refractivity contribution in [2.75, 3.05) is 13.1 Å². The van der Waals surface area contributed by atoms with Gasteiger partial charge in [-0.2, -0.15) is 0 Å². The second-order valence-corrected chi connectivity index (χ2v) is 8.95. The summed E-state index contributed by atoms with van der Waals surface area (Å²) in [6, 6.07) is 4.38. The van der Waals surface area contributed by atoms with Crippen molar-refractivity contribution >= 4 is 0 Å². The molecule has 0 fully saturated rings. The van der Waals surface area contributed by atoms with Crippen LogP contribution in [0.2, 0.25) is 0 Å². The van der Waals surface area contributed by atoms with Crippen molar-refractivity contribution in [2.45, 2.75) is 72.8 Å². The van der Waals surface area contributed by atoms with Gasteiger partial charge >= 0.3 is 0 Å². The second kappa shape index (κ2) is 7.09. The molecule has 2 heteroatoms. The molecule has 0 amide bonds. The summed E-state index contributed by atoms with van der Waals surface area (Å²) in [6.07, 6.45) is 0. The fraction of sp³-hybridized carbons (Fsp3) is 0.619. The zero-order chi connectivity index (χ0) is 18.0. The monoisotopic (exact) mass is 318 g/mol. The van der Waals surface area contributed by atoms with Crippen LogP contribution in [0.5, 0.6) is 5.75 Å². The number of hydrogen-bond donors (Lipinski definition) is 2. The predicted octanol–water partition coefficient (Wildman–Crippen LogP) is 3.97. The highest BCUT2D eigenvalue weighted by molar-refractivity contribution is 5.48. The van der Waals surface area contributed by atoms with E-state index in [1.165, 1.54) is 16.0 Å². The molecule has 0 bridgehead atoms. The van der Waals surface area contributed by atoms with E-state index in [9.17, 15) is 5.11 Å². The number of likely N-dealkylation sites (N-methyl/N-ethyl adjacent to an activating group) is 1. The van der Waals surface area contributed by atoms with Crippen LogP contribution in [0.1, 0.15) is 72.1 Å². The molecule has 0 saturated carbocycles. The van der Waals surface area contributed by atoms with Crippen LogP contribution in [0.15, 0.2) is 24.3 Å². The summed E-state index contributed by atoms with van der Waals surface area (Å²) in [7, 11) is 0. The van der Waals surface area contributed by atoms with E-state index in [1.807, 2.05) is 0 Å². The van der Waals surface area contributed by atoms with Crippen LogP contribution in [0.25, 0.3) is 0 Å². The molecule has 0 aliphatic heterocycles. The standard InChI is InChI=1S/C21H35NO/c1-10-22(13-15(2)3)14-16-11-17(20(4,5)6)12-18(19(16)23)21(7,8)9/h11-12,23H,2,10,13-14H2,1,3-9H3/p+1. The first-order valence-electron chi connectivity index (χ1n) is 8.71. The largest absolute Gasteiger partial charge is 0.507 e. The number of rotatable bonds is 5. The van der Waals surface area contributed by atoms with Gasteiger partial charge in [0, 0.05) is 11.1 Å². The van der Waals surface area contributed by atoms with E-state index in [1.54, 1.807) is 0 Å². The molecule has 0 spiro atoms. The van der Waals surface area contributed by atoms with E-state index in [2.05, 4.69) is 74.1 Å². The predicted molar refractivity (Wildman–Crippen MR) is 100 cm³/mol. The zero-order valence-electron chi connectivity index (χ0n) is 16.4. The second-order valence-electron chi connectivity index (χ2n) is 8.95. The molecular formula is C21H36NO+. The molecule has 1 atom stereocenters. The van der Waals surface area contributed by atoms with E-state index in [0.717, 1.165) is 30.8 Å². The number of phenols is 1. The average Bonchev–Trinajstić information content (AvgIpc) is 2.36. The molecule has 130 valence electrons. The number of hydrogen-bond acceptors (Lipinski definition) is 1. The van der Waals surface area contributed by atoms with Crippen molar-refractivity contribution in [3.05, 3.63) is 41.0 Å². The van der Waals surface area contributed by atoms with Crippen molar-refractivity contribution in [2.24, 2.45) is 0 Å². The molecule has 1 aromatic carbocycles. The molecule has 0 radical (unpaired) electrons. The average molecular weight is 319 g/mol. The first kappa shape index (κ1) is 19.8. The van der Waals surface area contributed by atoms with Crippen LogP contribution in [0.3, 0.4) is 0 Å². The first-order chi connectivity index (χ1) is 10.4. The molecule has 0 aliphatic rings. The normalized spacial score (nSPS) is 13.9. The minimum Gasteiger partial charge on any atom is -0.507 e. The van der Waals surface area contributed by atoms with Gasteiger partial charge in [-0.15, -0.1) is 0 Å². The summed E-state index contributed by atoms with van der Waals surface area (Å²) in [6.45, 7) is 24.3. The van der Waals surface area contributed by atoms with Crippen molar-refractivity contribution < 1.29 is 10.0 Å². The lowest BCUT2D eigenvalue weighted by Gasteiger charge is -2.28. The SMILES string of the molecule is C=C(C)C[NH+](CC)Cc1cc(C(C)(C)C)cc(C(C)(C)C)c1O. The number of aromatic hydroxyl groups is 1. The fourth-order valence-electron chi connectivity index (χ4n) is 2.84. The van der Waals surface area contributed by atoms with Crippen molar-refractivity contribution in [1.29, 1.82) is 0 Å². The molecule has 2 nitrogen and oxygen atoms in total. The number of nitrogens with one attached hydrogen (secondary N) is 1. The van der Waals surface area contributed by atoms with Gasteiger partial charge in [0.15, 0.2) is 0 Å². The summed E-state index contributed by atoms with van der Waals surface area (Å²) in [5.74, 6) is 0.471. The lowest BCUT2D eigenvalue weighted by Crippen LogP contribution is -3.10. The Hall–Kier alpha value is -1.28. The third-order valence-corrected chi connectivity index (χ3v) is 4.36. The van der Waals surface area contributed by atoms with E-state index in [4.69, 9.17) is 0 Å². The lowest BCUT2D eigenvalue weighted by molar-refractivity contribution is -0.907. The summed E-state index contributed by atoms with van der Waals surface area (Å²) in [5.41, 5.74) is 4.58. The first-order valence-corrected chi connectivity index (χ1v) is 8.71. The summed E-state index contributed by atoms with van der Waals surface area (Å²) < 4.78 is 0. The molecule has 0 heterocycles. The lowest BCUT2D eigenvalue weighted by atomic mass is 9.79. The molecule has 1 rings (SSSR count). The molecule has 0 aliphatic carbocycles. The summed E-state index contributed by atoms with van der Waals surface area (Å²) >= 11 is 0. The number of phenolic OH excluding ortho intramolecular Hbond substituents is 1.